The standard InChI is InChI=1S/C26H34FNO3/c1-2-19(15-27)16-31-23-7-3-20(4-8-23)25-9-12-26(13-10-25,14-11-25)24(29)28-21-5-6-22(28)18-30-17-21/h3-4,7-8,15,21-22H,2,5-6,9-14,16-18H2,1H3/b19-15+. The zero-order valence-electron chi connectivity index (χ0n) is 18.6. The maximum absolute atomic E-state index is 13.7. The Balaban J connectivity index is 1.25. The van der Waals surface area contributed by atoms with Gasteiger partial charge in [0.2, 0.25) is 5.91 Å². The van der Waals surface area contributed by atoms with E-state index in [9.17, 15) is 9.18 Å². The average Bonchev–Trinajstić information content (AvgIpc) is 3.08. The highest BCUT2D eigenvalue weighted by atomic mass is 19.1. The van der Waals surface area contributed by atoms with Gasteiger partial charge in [-0.05, 0) is 86.5 Å². The summed E-state index contributed by atoms with van der Waals surface area (Å²) >= 11 is 0. The number of carbonyl (C=O) groups excluding carboxylic acids is 1. The monoisotopic (exact) mass is 427 g/mol. The fraction of sp³-hybridized carbons (Fsp3) is 0.654. The Bertz CT molecular complexity index is 808. The van der Waals surface area contributed by atoms with Crippen molar-refractivity contribution in [2.75, 3.05) is 19.8 Å². The number of carbonyl (C=O) groups is 1. The van der Waals surface area contributed by atoms with Gasteiger partial charge in [0.1, 0.15) is 12.4 Å². The van der Waals surface area contributed by atoms with Crippen LogP contribution in [0.2, 0.25) is 0 Å². The van der Waals surface area contributed by atoms with Gasteiger partial charge in [0.15, 0.2) is 0 Å². The number of benzene rings is 1. The molecule has 1 aromatic carbocycles. The second-order valence-electron chi connectivity index (χ2n) is 10.1. The maximum atomic E-state index is 13.7. The third kappa shape index (κ3) is 3.59. The molecule has 2 aliphatic heterocycles. The molecule has 0 spiro atoms. The van der Waals surface area contributed by atoms with Gasteiger partial charge in [0, 0.05) is 5.41 Å². The van der Waals surface area contributed by atoms with Crippen molar-refractivity contribution in [1.29, 1.82) is 0 Å². The molecule has 5 heteroatoms. The molecule has 1 aromatic rings. The van der Waals surface area contributed by atoms with Crippen molar-refractivity contribution in [2.45, 2.75) is 82.2 Å². The van der Waals surface area contributed by atoms with E-state index in [4.69, 9.17) is 9.47 Å². The molecule has 5 fully saturated rings. The van der Waals surface area contributed by atoms with Gasteiger partial charge in [-0.25, -0.2) is 4.39 Å². The smallest absolute Gasteiger partial charge is 0.229 e. The van der Waals surface area contributed by atoms with Gasteiger partial charge < -0.3 is 14.4 Å². The van der Waals surface area contributed by atoms with E-state index in [-0.39, 0.29) is 10.8 Å². The second-order valence-corrected chi connectivity index (χ2v) is 10.1. The number of morpholine rings is 1. The second kappa shape index (κ2) is 8.23. The molecule has 2 saturated heterocycles. The molecule has 4 bridgehead atoms. The summed E-state index contributed by atoms with van der Waals surface area (Å²) in [5.41, 5.74) is 2.08. The van der Waals surface area contributed by atoms with Gasteiger partial charge in [0.05, 0.1) is 31.6 Å². The highest BCUT2D eigenvalue weighted by molar-refractivity contribution is 5.84. The first-order valence-electron chi connectivity index (χ1n) is 12.0. The average molecular weight is 428 g/mol. The van der Waals surface area contributed by atoms with E-state index in [1.165, 1.54) is 5.56 Å². The maximum Gasteiger partial charge on any atom is 0.229 e. The van der Waals surface area contributed by atoms with Gasteiger partial charge in [-0.1, -0.05) is 19.1 Å². The third-order valence-corrected chi connectivity index (χ3v) is 8.67. The Hall–Kier alpha value is -1.88. The normalized spacial score (nSPS) is 34.8. The topological polar surface area (TPSA) is 38.8 Å². The lowest BCUT2D eigenvalue weighted by Gasteiger charge is -2.54. The highest BCUT2D eigenvalue weighted by Gasteiger charge is 2.56. The summed E-state index contributed by atoms with van der Waals surface area (Å²) in [6, 6.07) is 9.01. The molecule has 168 valence electrons. The zero-order valence-corrected chi connectivity index (χ0v) is 18.6. The molecule has 0 aromatic heterocycles. The van der Waals surface area contributed by atoms with Crippen LogP contribution in [-0.4, -0.2) is 42.7 Å². The summed E-state index contributed by atoms with van der Waals surface area (Å²) in [6.07, 6.45) is 9.77. The number of ether oxygens (including phenoxy) is 2. The Kier molecular flexibility index (Phi) is 5.58. The van der Waals surface area contributed by atoms with E-state index >= 15 is 0 Å². The van der Waals surface area contributed by atoms with Crippen molar-refractivity contribution >= 4 is 5.91 Å². The first-order chi connectivity index (χ1) is 15.1. The van der Waals surface area contributed by atoms with Crippen LogP contribution < -0.4 is 4.74 Å². The number of halogens is 1. The van der Waals surface area contributed by atoms with E-state index in [1.807, 2.05) is 19.1 Å². The first-order valence-corrected chi connectivity index (χ1v) is 12.0. The predicted molar refractivity (Wildman–Crippen MR) is 118 cm³/mol. The number of fused-ring (bicyclic) bond motifs is 5. The highest BCUT2D eigenvalue weighted by Crippen LogP contribution is 2.59. The number of hydrogen-bond donors (Lipinski definition) is 0. The van der Waals surface area contributed by atoms with E-state index in [2.05, 4.69) is 17.0 Å². The molecule has 0 radical (unpaired) electrons. The van der Waals surface area contributed by atoms with Crippen LogP contribution in [0.1, 0.15) is 70.3 Å². The molecule has 2 atom stereocenters. The molecule has 0 N–H and O–H groups in total. The van der Waals surface area contributed by atoms with Crippen LogP contribution in [0.5, 0.6) is 5.75 Å². The molecule has 2 heterocycles. The van der Waals surface area contributed by atoms with E-state index in [0.29, 0.717) is 42.9 Å². The SMILES string of the molecule is CC/C(=C\F)COc1ccc(C23CCC(C(=O)N4C5CCC4COC5)(CC2)CC3)cc1. The van der Waals surface area contributed by atoms with Crippen molar-refractivity contribution in [3.05, 3.63) is 41.7 Å². The largest absolute Gasteiger partial charge is 0.489 e. The lowest BCUT2D eigenvalue weighted by Crippen LogP contribution is -2.58. The predicted octanol–water partition coefficient (Wildman–Crippen LogP) is 5.31. The molecule has 31 heavy (non-hydrogen) atoms. The van der Waals surface area contributed by atoms with Crippen LogP contribution in [0.3, 0.4) is 0 Å². The minimum atomic E-state index is -0.141. The molecule has 4 nitrogen and oxygen atoms in total. The van der Waals surface area contributed by atoms with Crippen molar-refractivity contribution in [1.82, 2.24) is 4.90 Å². The summed E-state index contributed by atoms with van der Waals surface area (Å²) in [5, 5.41) is 0. The van der Waals surface area contributed by atoms with Crippen molar-refractivity contribution in [3.63, 3.8) is 0 Å². The molecule has 5 aliphatic rings. The van der Waals surface area contributed by atoms with Crippen molar-refractivity contribution in [3.8, 4) is 5.75 Å². The number of nitrogens with zero attached hydrogens (tertiary/aromatic N) is 1. The van der Waals surface area contributed by atoms with Crippen LogP contribution in [0.4, 0.5) is 4.39 Å². The fourth-order valence-corrected chi connectivity index (χ4v) is 6.46. The van der Waals surface area contributed by atoms with Crippen LogP contribution in [0.15, 0.2) is 36.2 Å². The lowest BCUT2D eigenvalue weighted by atomic mass is 9.51. The van der Waals surface area contributed by atoms with Crippen molar-refractivity contribution < 1.29 is 18.7 Å². The summed E-state index contributed by atoms with van der Waals surface area (Å²) in [7, 11) is 0. The summed E-state index contributed by atoms with van der Waals surface area (Å²) in [5.74, 6) is 1.21. The molecule has 1 amide bonds. The molecular weight excluding hydrogens is 393 g/mol. The fourth-order valence-electron chi connectivity index (χ4n) is 6.46. The van der Waals surface area contributed by atoms with Crippen molar-refractivity contribution in [2.24, 2.45) is 5.41 Å². The number of amides is 1. The van der Waals surface area contributed by atoms with Crippen LogP contribution in [0.25, 0.3) is 0 Å². The van der Waals surface area contributed by atoms with Gasteiger partial charge in [-0.2, -0.15) is 0 Å². The van der Waals surface area contributed by atoms with Crippen LogP contribution in [0, 0.1) is 5.41 Å². The van der Waals surface area contributed by atoms with E-state index in [0.717, 1.165) is 70.3 Å². The number of rotatable bonds is 6. The van der Waals surface area contributed by atoms with Gasteiger partial charge in [-0.3, -0.25) is 4.79 Å². The van der Waals surface area contributed by atoms with Gasteiger partial charge >= 0.3 is 0 Å². The molecular formula is C26H34FNO3. The van der Waals surface area contributed by atoms with Gasteiger partial charge in [0.25, 0.3) is 0 Å². The lowest BCUT2D eigenvalue weighted by molar-refractivity contribution is -0.159. The molecule has 3 aliphatic carbocycles. The summed E-state index contributed by atoms with van der Waals surface area (Å²) < 4.78 is 24.2. The Morgan fingerprint density at radius 2 is 1.71 bits per heavy atom. The Morgan fingerprint density at radius 3 is 2.26 bits per heavy atom. The zero-order chi connectivity index (χ0) is 21.5. The quantitative estimate of drug-likeness (QED) is 0.618. The third-order valence-electron chi connectivity index (χ3n) is 8.67. The molecule has 2 unspecified atom stereocenters. The van der Waals surface area contributed by atoms with E-state index < -0.39 is 0 Å². The summed E-state index contributed by atoms with van der Waals surface area (Å²) in [6.45, 7) is 3.67. The molecule has 6 rings (SSSR count). The van der Waals surface area contributed by atoms with Crippen LogP contribution >= 0.6 is 0 Å². The van der Waals surface area contributed by atoms with Crippen LogP contribution in [-0.2, 0) is 14.9 Å². The summed E-state index contributed by atoms with van der Waals surface area (Å²) in [4.78, 5) is 15.9. The number of hydrogen-bond acceptors (Lipinski definition) is 3. The Labute approximate surface area is 184 Å². The minimum Gasteiger partial charge on any atom is -0.489 e. The minimum absolute atomic E-state index is 0.141. The first kappa shape index (κ1) is 21.0. The van der Waals surface area contributed by atoms with E-state index in [1.54, 1.807) is 0 Å². The van der Waals surface area contributed by atoms with Gasteiger partial charge in [-0.15, -0.1) is 0 Å². The Morgan fingerprint density at radius 1 is 1.10 bits per heavy atom. The molecule has 3 saturated carbocycles.